The molecule has 8 heteroatoms. The van der Waals surface area contributed by atoms with E-state index >= 15 is 0 Å². The van der Waals surface area contributed by atoms with Crippen LogP contribution in [0, 0.1) is 5.82 Å². The second-order valence-electron chi connectivity index (χ2n) is 3.57. The summed E-state index contributed by atoms with van der Waals surface area (Å²) < 4.78 is 85.5. The molecule has 0 saturated carbocycles. The third-order valence-electron chi connectivity index (χ3n) is 2.11. The van der Waals surface area contributed by atoms with E-state index in [1.807, 2.05) is 0 Å². The molecule has 1 nitrogen and oxygen atoms in total. The van der Waals surface area contributed by atoms with Crippen molar-refractivity contribution in [1.82, 2.24) is 0 Å². The average Bonchev–Trinajstić information content (AvgIpc) is 2.13. The summed E-state index contributed by atoms with van der Waals surface area (Å²) in [4.78, 5) is 0. The van der Waals surface area contributed by atoms with Crippen molar-refractivity contribution in [3.8, 4) is 0 Å². The molecule has 1 aromatic rings. The molecular weight excluding hydrogens is 269 g/mol. The molecule has 0 amide bonds. The summed E-state index contributed by atoms with van der Waals surface area (Å²) in [5, 5.41) is 9.13. The van der Waals surface area contributed by atoms with Crippen LogP contribution in [0.2, 0.25) is 0 Å². The zero-order valence-electron chi connectivity index (χ0n) is 8.61. The molecule has 1 rings (SSSR count). The van der Waals surface area contributed by atoms with Crippen LogP contribution >= 0.6 is 0 Å². The number of halogens is 7. The van der Waals surface area contributed by atoms with Crippen LogP contribution in [0.15, 0.2) is 18.2 Å². The van der Waals surface area contributed by atoms with Gasteiger partial charge in [-0.2, -0.15) is 26.3 Å². The molecule has 0 aliphatic heterocycles. The number of rotatable bonds is 2. The van der Waals surface area contributed by atoms with E-state index < -0.39 is 41.8 Å². The summed E-state index contributed by atoms with van der Waals surface area (Å²) in [7, 11) is 0. The molecular formula is C10H7F7O. The molecule has 1 atom stereocenters. The van der Waals surface area contributed by atoms with Crippen LogP contribution in [0.3, 0.4) is 0 Å². The number of aliphatic hydroxyl groups excluding tert-OH is 1. The first kappa shape index (κ1) is 14.7. The lowest BCUT2D eigenvalue weighted by Crippen LogP contribution is -2.15. The Morgan fingerprint density at radius 1 is 1.06 bits per heavy atom. The van der Waals surface area contributed by atoms with Gasteiger partial charge in [-0.25, -0.2) is 4.39 Å². The molecule has 0 heterocycles. The molecule has 0 radical (unpaired) electrons. The normalized spacial score (nSPS) is 14.7. The molecule has 0 saturated heterocycles. The lowest BCUT2D eigenvalue weighted by Gasteiger charge is -2.15. The highest BCUT2D eigenvalue weighted by molar-refractivity contribution is 5.28. The average molecular weight is 276 g/mol. The van der Waals surface area contributed by atoms with E-state index in [9.17, 15) is 30.7 Å². The fraction of sp³-hybridized carbons (Fsp3) is 0.400. The number of aliphatic hydroxyl groups is 1. The maximum absolute atomic E-state index is 12.8. The fourth-order valence-corrected chi connectivity index (χ4v) is 1.30. The van der Waals surface area contributed by atoms with Crippen molar-refractivity contribution >= 4 is 0 Å². The number of hydrogen-bond donors (Lipinski definition) is 1. The van der Waals surface area contributed by atoms with Crippen LogP contribution in [0.4, 0.5) is 30.7 Å². The first-order valence-corrected chi connectivity index (χ1v) is 4.62. The predicted molar refractivity (Wildman–Crippen MR) is 47.0 cm³/mol. The third-order valence-corrected chi connectivity index (χ3v) is 2.11. The topological polar surface area (TPSA) is 20.2 Å². The molecule has 0 fully saturated rings. The van der Waals surface area contributed by atoms with Crippen molar-refractivity contribution < 1.29 is 35.8 Å². The van der Waals surface area contributed by atoms with Gasteiger partial charge in [0.1, 0.15) is 5.82 Å². The van der Waals surface area contributed by atoms with E-state index in [2.05, 4.69) is 0 Å². The molecule has 1 unspecified atom stereocenters. The minimum Gasteiger partial charge on any atom is -0.388 e. The van der Waals surface area contributed by atoms with Crippen LogP contribution < -0.4 is 0 Å². The molecule has 18 heavy (non-hydrogen) atoms. The predicted octanol–water partition coefficient (Wildman–Crippen LogP) is 3.83. The third kappa shape index (κ3) is 3.86. The molecule has 0 aromatic heterocycles. The van der Waals surface area contributed by atoms with Crippen molar-refractivity contribution in [2.24, 2.45) is 0 Å². The van der Waals surface area contributed by atoms with Crippen LogP contribution in [0.1, 0.15) is 23.7 Å². The van der Waals surface area contributed by atoms with Crippen LogP contribution in [0.25, 0.3) is 0 Å². The second kappa shape index (κ2) is 4.75. The smallest absolute Gasteiger partial charge is 0.388 e. The highest BCUT2D eigenvalue weighted by Crippen LogP contribution is 2.35. The molecule has 102 valence electrons. The van der Waals surface area contributed by atoms with Gasteiger partial charge in [-0.15, -0.1) is 0 Å². The Bertz CT molecular complexity index is 421. The van der Waals surface area contributed by atoms with Gasteiger partial charge in [0.05, 0.1) is 18.1 Å². The standard InChI is InChI=1S/C10H7F7O/c11-7-2-1-5(3-6(7)10(15,16)17)8(18)4-9(12,13)14/h1-3,8,18H,4H2. The SMILES string of the molecule is OC(CC(F)(F)F)c1ccc(F)c(C(F)(F)F)c1. The van der Waals surface area contributed by atoms with Gasteiger partial charge in [0, 0.05) is 0 Å². The minimum absolute atomic E-state index is 0.172. The Morgan fingerprint density at radius 2 is 1.61 bits per heavy atom. The van der Waals surface area contributed by atoms with E-state index in [0.717, 1.165) is 0 Å². The van der Waals surface area contributed by atoms with Gasteiger partial charge >= 0.3 is 12.4 Å². The quantitative estimate of drug-likeness (QED) is 0.814. The molecule has 0 bridgehead atoms. The number of benzene rings is 1. The Hall–Kier alpha value is -1.31. The molecule has 0 spiro atoms. The van der Waals surface area contributed by atoms with Gasteiger partial charge < -0.3 is 5.11 Å². The van der Waals surface area contributed by atoms with Crippen molar-refractivity contribution in [3.05, 3.63) is 35.1 Å². The molecule has 1 N–H and O–H groups in total. The van der Waals surface area contributed by atoms with Gasteiger partial charge in [-0.3, -0.25) is 0 Å². The van der Waals surface area contributed by atoms with Gasteiger partial charge in [-0.05, 0) is 17.7 Å². The zero-order valence-corrected chi connectivity index (χ0v) is 8.61. The highest BCUT2D eigenvalue weighted by atomic mass is 19.4. The second-order valence-corrected chi connectivity index (χ2v) is 3.57. The first-order chi connectivity index (χ1) is 8.00. The van der Waals surface area contributed by atoms with Gasteiger partial charge in [0.2, 0.25) is 0 Å². The maximum Gasteiger partial charge on any atom is 0.419 e. The van der Waals surface area contributed by atoms with Crippen molar-refractivity contribution in [2.45, 2.75) is 24.9 Å². The first-order valence-electron chi connectivity index (χ1n) is 4.62. The van der Waals surface area contributed by atoms with E-state index in [1.54, 1.807) is 0 Å². The Balaban J connectivity index is 3.06. The minimum atomic E-state index is -5.03. The summed E-state index contributed by atoms with van der Waals surface area (Å²) in [6.07, 6.45) is -13.6. The number of hydrogen-bond acceptors (Lipinski definition) is 1. The van der Waals surface area contributed by atoms with E-state index in [4.69, 9.17) is 5.11 Å². The maximum atomic E-state index is 12.8. The Kier molecular flexibility index (Phi) is 3.89. The van der Waals surface area contributed by atoms with E-state index in [-0.39, 0.29) is 6.07 Å². The fourth-order valence-electron chi connectivity index (χ4n) is 1.30. The summed E-state index contributed by atoms with van der Waals surface area (Å²) in [6.45, 7) is 0. The van der Waals surface area contributed by atoms with Crippen LogP contribution in [-0.2, 0) is 6.18 Å². The van der Waals surface area contributed by atoms with Gasteiger partial charge in [0.25, 0.3) is 0 Å². The largest absolute Gasteiger partial charge is 0.419 e. The van der Waals surface area contributed by atoms with Crippen LogP contribution in [0.5, 0.6) is 0 Å². The summed E-state index contributed by atoms with van der Waals surface area (Å²) in [6, 6.07) is 1.23. The van der Waals surface area contributed by atoms with Crippen molar-refractivity contribution in [3.63, 3.8) is 0 Å². The van der Waals surface area contributed by atoms with E-state index in [1.165, 1.54) is 0 Å². The molecule has 1 aromatic carbocycles. The van der Waals surface area contributed by atoms with E-state index in [0.29, 0.717) is 12.1 Å². The summed E-state index contributed by atoms with van der Waals surface area (Å²) >= 11 is 0. The Morgan fingerprint density at radius 3 is 2.06 bits per heavy atom. The number of alkyl halides is 6. The van der Waals surface area contributed by atoms with Crippen molar-refractivity contribution in [2.75, 3.05) is 0 Å². The summed E-state index contributed by atoms with van der Waals surface area (Å²) in [5.41, 5.74) is -2.35. The zero-order chi connectivity index (χ0) is 14.1. The Labute approximate surface area is 96.8 Å². The highest BCUT2D eigenvalue weighted by Gasteiger charge is 2.36. The summed E-state index contributed by atoms with van der Waals surface area (Å²) in [5.74, 6) is -1.61. The van der Waals surface area contributed by atoms with Gasteiger partial charge in [-0.1, -0.05) is 6.07 Å². The van der Waals surface area contributed by atoms with Gasteiger partial charge in [0.15, 0.2) is 0 Å². The van der Waals surface area contributed by atoms with Crippen LogP contribution in [-0.4, -0.2) is 11.3 Å². The molecule has 0 aliphatic carbocycles. The van der Waals surface area contributed by atoms with Crippen molar-refractivity contribution in [1.29, 1.82) is 0 Å². The lowest BCUT2D eigenvalue weighted by molar-refractivity contribution is -0.154. The lowest BCUT2D eigenvalue weighted by atomic mass is 10.0. The monoisotopic (exact) mass is 276 g/mol. The molecule has 0 aliphatic rings.